The van der Waals surface area contributed by atoms with E-state index in [1.165, 1.54) is 57.2 Å². The van der Waals surface area contributed by atoms with Crippen LogP contribution < -0.4 is 5.32 Å². The first-order valence-corrected chi connectivity index (χ1v) is 6.55. The summed E-state index contributed by atoms with van der Waals surface area (Å²) in [5, 5.41) is 3.48. The molecule has 0 aliphatic carbocycles. The highest BCUT2D eigenvalue weighted by molar-refractivity contribution is 5.04. The Morgan fingerprint density at radius 1 is 1.13 bits per heavy atom. The lowest BCUT2D eigenvalue weighted by atomic mass is 10.1. The highest BCUT2D eigenvalue weighted by Crippen LogP contribution is 2.13. The number of hydrogen-bond donors (Lipinski definition) is 1. The Hall–Kier alpha value is -0.660. The first-order chi connectivity index (χ1) is 7.36. The summed E-state index contributed by atoms with van der Waals surface area (Å²) in [7, 11) is 0. The van der Waals surface area contributed by atoms with Crippen LogP contribution in [0.5, 0.6) is 0 Å². The van der Waals surface area contributed by atoms with Crippen molar-refractivity contribution < 1.29 is 0 Å². The van der Waals surface area contributed by atoms with Gasteiger partial charge in [0, 0.05) is 18.4 Å². The van der Waals surface area contributed by atoms with E-state index in [-0.39, 0.29) is 0 Å². The molecule has 0 aromatic heterocycles. The molecule has 0 spiro atoms. The number of unbranched alkanes of at least 4 members (excludes halogenated alkanes) is 4. The van der Waals surface area contributed by atoms with Crippen LogP contribution in [0.25, 0.3) is 0 Å². The fraction of sp³-hybridized carbons (Fsp3) is 0.846. The maximum absolute atomic E-state index is 3.48. The third kappa shape index (κ3) is 5.10. The van der Waals surface area contributed by atoms with E-state index < -0.39 is 0 Å². The molecule has 15 heavy (non-hydrogen) atoms. The first-order valence-electron chi connectivity index (χ1n) is 6.55. The van der Waals surface area contributed by atoms with Gasteiger partial charge in [-0.05, 0) is 19.3 Å². The summed E-state index contributed by atoms with van der Waals surface area (Å²) >= 11 is 0. The van der Waals surface area contributed by atoms with Crippen molar-refractivity contribution in [2.45, 2.75) is 58.8 Å². The van der Waals surface area contributed by atoms with Crippen LogP contribution in [0.15, 0.2) is 11.9 Å². The van der Waals surface area contributed by atoms with Gasteiger partial charge >= 0.3 is 0 Å². The Kier molecular flexibility index (Phi) is 6.29. The number of nitrogens with one attached hydrogen (secondary N) is 1. The van der Waals surface area contributed by atoms with Crippen LogP contribution in [0, 0.1) is 0 Å². The molecule has 1 rings (SSSR count). The smallest absolute Gasteiger partial charge is 0.0869 e. The molecule has 0 unspecified atom stereocenters. The van der Waals surface area contributed by atoms with Crippen LogP contribution in [0.3, 0.4) is 0 Å². The summed E-state index contributed by atoms with van der Waals surface area (Å²) in [5.74, 6) is 0. The molecule has 2 nitrogen and oxygen atoms in total. The van der Waals surface area contributed by atoms with Crippen LogP contribution in [0.1, 0.15) is 58.8 Å². The number of nitrogens with zero attached hydrogens (tertiary/aromatic N) is 1. The van der Waals surface area contributed by atoms with Crippen LogP contribution in [0.2, 0.25) is 0 Å². The Balaban J connectivity index is 2.09. The predicted molar refractivity (Wildman–Crippen MR) is 66.5 cm³/mol. The molecule has 1 aliphatic rings. The number of hydrogen-bond acceptors (Lipinski definition) is 2. The molecule has 0 radical (unpaired) electrons. The molecule has 0 aromatic carbocycles. The second-order valence-electron chi connectivity index (χ2n) is 4.47. The van der Waals surface area contributed by atoms with E-state index in [0.717, 1.165) is 6.67 Å². The van der Waals surface area contributed by atoms with Gasteiger partial charge in [0.05, 0.1) is 6.67 Å². The molecule has 0 fully saturated rings. The van der Waals surface area contributed by atoms with Crippen LogP contribution in [-0.4, -0.2) is 18.1 Å². The van der Waals surface area contributed by atoms with Crippen molar-refractivity contribution in [3.8, 4) is 0 Å². The van der Waals surface area contributed by atoms with Gasteiger partial charge in [-0.15, -0.1) is 0 Å². The minimum Gasteiger partial charge on any atom is -0.370 e. The van der Waals surface area contributed by atoms with E-state index in [2.05, 4.69) is 30.3 Å². The second-order valence-corrected chi connectivity index (χ2v) is 4.47. The van der Waals surface area contributed by atoms with Gasteiger partial charge in [0.2, 0.25) is 0 Å². The molecule has 0 amide bonds. The highest BCUT2D eigenvalue weighted by atomic mass is 15.3. The molecule has 0 aromatic rings. The molecule has 0 bridgehead atoms. The predicted octanol–water partition coefficient (Wildman–Crippen LogP) is 3.46. The molecule has 1 aliphatic heterocycles. The normalized spacial score (nSPS) is 15.3. The van der Waals surface area contributed by atoms with Crippen molar-refractivity contribution >= 4 is 0 Å². The maximum atomic E-state index is 3.48. The molecule has 88 valence electrons. The summed E-state index contributed by atoms with van der Waals surface area (Å²) in [5.41, 5.74) is 1.45. The van der Waals surface area contributed by atoms with E-state index in [9.17, 15) is 0 Å². The van der Waals surface area contributed by atoms with Gasteiger partial charge in [0.15, 0.2) is 0 Å². The Labute approximate surface area is 94.7 Å². The van der Waals surface area contributed by atoms with Gasteiger partial charge in [-0.25, -0.2) is 0 Å². The molecule has 0 saturated carbocycles. The third-order valence-corrected chi connectivity index (χ3v) is 2.95. The van der Waals surface area contributed by atoms with Crippen LogP contribution in [0.4, 0.5) is 0 Å². The number of rotatable bonds is 8. The summed E-state index contributed by atoms with van der Waals surface area (Å²) in [4.78, 5) is 2.40. The fourth-order valence-electron chi connectivity index (χ4n) is 1.91. The summed E-state index contributed by atoms with van der Waals surface area (Å²) in [6.45, 7) is 6.75. The Bertz CT molecular complexity index is 187. The van der Waals surface area contributed by atoms with E-state index in [0.29, 0.717) is 0 Å². The van der Waals surface area contributed by atoms with Crippen molar-refractivity contribution in [3.63, 3.8) is 0 Å². The number of allylic oxidation sites excluding steroid dienone is 1. The SMILES string of the molecule is CCCCCCC1=CN(CCCC)CN1. The lowest BCUT2D eigenvalue weighted by Gasteiger charge is -2.12. The van der Waals surface area contributed by atoms with E-state index in [1.807, 2.05) is 0 Å². The minimum atomic E-state index is 1.03. The van der Waals surface area contributed by atoms with Crippen molar-refractivity contribution in [2.24, 2.45) is 0 Å². The van der Waals surface area contributed by atoms with Crippen molar-refractivity contribution in [1.29, 1.82) is 0 Å². The lowest BCUT2D eigenvalue weighted by molar-refractivity contribution is 0.382. The van der Waals surface area contributed by atoms with E-state index in [1.54, 1.807) is 0 Å². The van der Waals surface area contributed by atoms with Crippen LogP contribution in [-0.2, 0) is 0 Å². The van der Waals surface area contributed by atoms with Gasteiger partial charge in [0.25, 0.3) is 0 Å². The zero-order valence-electron chi connectivity index (χ0n) is 10.4. The van der Waals surface area contributed by atoms with E-state index >= 15 is 0 Å². The maximum Gasteiger partial charge on any atom is 0.0869 e. The summed E-state index contributed by atoms with van der Waals surface area (Å²) < 4.78 is 0. The largest absolute Gasteiger partial charge is 0.370 e. The average molecular weight is 210 g/mol. The summed E-state index contributed by atoms with van der Waals surface area (Å²) in [6, 6.07) is 0. The van der Waals surface area contributed by atoms with Gasteiger partial charge in [0.1, 0.15) is 0 Å². The Morgan fingerprint density at radius 3 is 2.67 bits per heavy atom. The highest BCUT2D eigenvalue weighted by Gasteiger charge is 2.09. The summed E-state index contributed by atoms with van der Waals surface area (Å²) in [6.07, 6.45) is 11.6. The van der Waals surface area contributed by atoms with Crippen molar-refractivity contribution in [3.05, 3.63) is 11.9 Å². The van der Waals surface area contributed by atoms with Crippen molar-refractivity contribution in [1.82, 2.24) is 10.2 Å². The molecule has 2 heteroatoms. The molecule has 1 heterocycles. The lowest BCUT2D eigenvalue weighted by Crippen LogP contribution is -2.22. The molecular formula is C13H26N2. The average Bonchev–Trinajstić information content (AvgIpc) is 2.69. The van der Waals surface area contributed by atoms with Crippen LogP contribution >= 0.6 is 0 Å². The van der Waals surface area contributed by atoms with Gasteiger partial charge in [-0.2, -0.15) is 0 Å². The van der Waals surface area contributed by atoms with Crippen molar-refractivity contribution in [2.75, 3.05) is 13.2 Å². The van der Waals surface area contributed by atoms with Gasteiger partial charge in [-0.1, -0.05) is 39.5 Å². The third-order valence-electron chi connectivity index (χ3n) is 2.95. The molecule has 1 N–H and O–H groups in total. The quantitative estimate of drug-likeness (QED) is 0.617. The first kappa shape index (κ1) is 12.4. The topological polar surface area (TPSA) is 15.3 Å². The zero-order chi connectivity index (χ0) is 10.9. The fourth-order valence-corrected chi connectivity index (χ4v) is 1.91. The zero-order valence-corrected chi connectivity index (χ0v) is 10.4. The minimum absolute atomic E-state index is 1.03. The van der Waals surface area contributed by atoms with Gasteiger partial charge < -0.3 is 10.2 Å². The van der Waals surface area contributed by atoms with Gasteiger partial charge in [-0.3, -0.25) is 0 Å². The monoisotopic (exact) mass is 210 g/mol. The second kappa shape index (κ2) is 7.61. The molecule has 0 saturated heterocycles. The standard InChI is InChI=1S/C13H26N2/c1-3-5-7-8-9-13-11-15(12-14-13)10-6-4-2/h11,14H,3-10,12H2,1-2H3. The molecular weight excluding hydrogens is 184 g/mol. The Morgan fingerprint density at radius 2 is 1.93 bits per heavy atom. The molecule has 0 atom stereocenters. The van der Waals surface area contributed by atoms with E-state index in [4.69, 9.17) is 0 Å².